The highest BCUT2D eigenvalue weighted by Gasteiger charge is 2.16. The number of H-pyrrole nitrogens is 2. The Balaban J connectivity index is 2.07. The number of benzene rings is 1. The number of hydrogen-bond acceptors (Lipinski definition) is 4. The number of halogens is 2. The fourth-order valence-electron chi connectivity index (χ4n) is 1.72. The minimum absolute atomic E-state index is 0.0107. The quantitative estimate of drug-likeness (QED) is 0.860. The van der Waals surface area contributed by atoms with E-state index in [1.807, 2.05) is 0 Å². The van der Waals surface area contributed by atoms with Crippen molar-refractivity contribution < 1.29 is 18.3 Å². The molecule has 0 fully saturated rings. The monoisotopic (exact) mass is 298 g/mol. The van der Waals surface area contributed by atoms with Gasteiger partial charge >= 0.3 is 12.3 Å². The molecule has 0 unspecified atom stereocenters. The number of amides is 1. The lowest BCUT2D eigenvalue weighted by Crippen LogP contribution is -2.27. The van der Waals surface area contributed by atoms with Crippen LogP contribution in [-0.4, -0.2) is 39.6 Å². The Hall–Kier alpha value is -2.71. The number of ether oxygens (including phenoxy) is 1. The number of rotatable bonds is 5. The first-order valence-corrected chi connectivity index (χ1v) is 5.89. The molecule has 2 rings (SSSR count). The van der Waals surface area contributed by atoms with Crippen molar-refractivity contribution in [3.05, 3.63) is 46.1 Å². The number of hydrogen-bond donors (Lipinski definition) is 2. The molecule has 2 aromatic rings. The maximum atomic E-state index is 12.1. The summed E-state index contributed by atoms with van der Waals surface area (Å²) in [6.07, 6.45) is 0. The summed E-state index contributed by atoms with van der Waals surface area (Å²) in [5, 5.41) is 5.61. The first-order chi connectivity index (χ1) is 9.95. The van der Waals surface area contributed by atoms with Crippen LogP contribution in [-0.2, 0) is 6.54 Å². The second-order valence-electron chi connectivity index (χ2n) is 4.21. The molecule has 7 nitrogen and oxygen atoms in total. The standard InChI is InChI=1S/C12H12F2N4O3/c1-18(10(19)9-15-12(20)17-16-9)6-7-3-2-4-8(5-7)21-11(13)14/h2-5,11H,6H2,1H3,(H2,15,16,17,20). The van der Waals surface area contributed by atoms with Crippen molar-refractivity contribution in [3.8, 4) is 5.75 Å². The molecule has 0 aliphatic carbocycles. The zero-order valence-electron chi connectivity index (χ0n) is 11.0. The fraction of sp³-hybridized carbons (Fsp3) is 0.250. The number of aromatic amines is 2. The largest absolute Gasteiger partial charge is 0.435 e. The third-order valence-corrected chi connectivity index (χ3v) is 2.59. The van der Waals surface area contributed by atoms with E-state index in [-0.39, 0.29) is 18.1 Å². The number of alkyl halides is 2. The summed E-state index contributed by atoms with van der Waals surface area (Å²) < 4.78 is 28.6. The van der Waals surface area contributed by atoms with Crippen molar-refractivity contribution >= 4 is 5.91 Å². The van der Waals surface area contributed by atoms with Gasteiger partial charge in [0.15, 0.2) is 0 Å². The van der Waals surface area contributed by atoms with Crippen LogP contribution in [0.5, 0.6) is 5.75 Å². The number of carbonyl (C=O) groups excluding carboxylic acids is 1. The van der Waals surface area contributed by atoms with Crippen LogP contribution in [0.1, 0.15) is 16.2 Å². The van der Waals surface area contributed by atoms with Crippen LogP contribution in [0.2, 0.25) is 0 Å². The molecule has 1 aromatic heterocycles. The van der Waals surface area contributed by atoms with Gasteiger partial charge in [-0.1, -0.05) is 12.1 Å². The summed E-state index contributed by atoms with van der Waals surface area (Å²) in [5.41, 5.74) is 0.0148. The molecule has 0 atom stereocenters. The molecule has 0 aliphatic heterocycles. The van der Waals surface area contributed by atoms with Crippen LogP contribution in [0.4, 0.5) is 8.78 Å². The summed E-state index contributed by atoms with van der Waals surface area (Å²) in [4.78, 5) is 26.4. The van der Waals surface area contributed by atoms with Gasteiger partial charge in [0, 0.05) is 13.6 Å². The molecule has 0 saturated carbocycles. The first kappa shape index (κ1) is 14.7. The molecule has 1 aromatic carbocycles. The smallest absolute Gasteiger partial charge is 0.387 e. The van der Waals surface area contributed by atoms with E-state index in [2.05, 4.69) is 19.9 Å². The molecule has 1 heterocycles. The minimum Gasteiger partial charge on any atom is -0.435 e. The Morgan fingerprint density at radius 2 is 2.24 bits per heavy atom. The Kier molecular flexibility index (Phi) is 4.31. The van der Waals surface area contributed by atoms with Gasteiger partial charge in [0.25, 0.3) is 5.91 Å². The van der Waals surface area contributed by atoms with Crippen LogP contribution < -0.4 is 10.4 Å². The van der Waals surface area contributed by atoms with Gasteiger partial charge < -0.3 is 9.64 Å². The minimum atomic E-state index is -2.91. The molecule has 9 heteroatoms. The van der Waals surface area contributed by atoms with Crippen LogP contribution in [0.25, 0.3) is 0 Å². The zero-order valence-corrected chi connectivity index (χ0v) is 11.0. The van der Waals surface area contributed by atoms with E-state index in [4.69, 9.17) is 0 Å². The lowest BCUT2D eigenvalue weighted by atomic mass is 10.2. The maximum Gasteiger partial charge on any atom is 0.387 e. The molecule has 2 N–H and O–H groups in total. The second kappa shape index (κ2) is 6.16. The Morgan fingerprint density at radius 3 is 2.86 bits per heavy atom. The van der Waals surface area contributed by atoms with E-state index in [0.29, 0.717) is 5.56 Å². The average molecular weight is 298 g/mol. The van der Waals surface area contributed by atoms with Crippen molar-refractivity contribution in [1.82, 2.24) is 20.1 Å². The number of nitrogens with one attached hydrogen (secondary N) is 2. The molecular formula is C12H12F2N4O3. The third-order valence-electron chi connectivity index (χ3n) is 2.59. The summed E-state index contributed by atoms with van der Waals surface area (Å²) in [5.74, 6) is -0.618. The first-order valence-electron chi connectivity index (χ1n) is 5.89. The average Bonchev–Trinajstić information content (AvgIpc) is 2.84. The predicted molar refractivity (Wildman–Crippen MR) is 68.1 cm³/mol. The highest BCUT2D eigenvalue weighted by Crippen LogP contribution is 2.17. The SMILES string of the molecule is CN(Cc1cccc(OC(F)F)c1)C(=O)c1n[nH]c(=O)[nH]1. The summed E-state index contributed by atoms with van der Waals surface area (Å²) in [7, 11) is 1.50. The Labute approximate surface area is 117 Å². The van der Waals surface area contributed by atoms with Gasteiger partial charge in [-0.2, -0.15) is 8.78 Å². The van der Waals surface area contributed by atoms with E-state index in [0.717, 1.165) is 0 Å². The van der Waals surface area contributed by atoms with Crippen LogP contribution in [0, 0.1) is 0 Å². The van der Waals surface area contributed by atoms with Crippen LogP contribution in [0.3, 0.4) is 0 Å². The lowest BCUT2D eigenvalue weighted by Gasteiger charge is -2.16. The van der Waals surface area contributed by atoms with E-state index < -0.39 is 18.2 Å². The lowest BCUT2D eigenvalue weighted by molar-refractivity contribution is -0.0499. The molecule has 0 spiro atoms. The number of aromatic nitrogens is 3. The maximum absolute atomic E-state index is 12.1. The highest BCUT2D eigenvalue weighted by atomic mass is 19.3. The van der Waals surface area contributed by atoms with Gasteiger partial charge in [0.1, 0.15) is 5.75 Å². The van der Waals surface area contributed by atoms with Crippen molar-refractivity contribution in [2.75, 3.05) is 7.05 Å². The molecule has 1 amide bonds. The van der Waals surface area contributed by atoms with Gasteiger partial charge in [-0.05, 0) is 17.7 Å². The van der Waals surface area contributed by atoms with Crippen LogP contribution in [0.15, 0.2) is 29.1 Å². The zero-order chi connectivity index (χ0) is 15.4. The Bertz CT molecular complexity index is 683. The second-order valence-corrected chi connectivity index (χ2v) is 4.21. The molecule has 0 saturated heterocycles. The van der Waals surface area contributed by atoms with Gasteiger partial charge in [-0.25, -0.2) is 9.89 Å². The van der Waals surface area contributed by atoms with Gasteiger partial charge in [0.05, 0.1) is 0 Å². The number of carbonyl (C=O) groups is 1. The van der Waals surface area contributed by atoms with Crippen LogP contribution >= 0.6 is 0 Å². The normalized spacial score (nSPS) is 10.7. The number of nitrogens with zero attached hydrogens (tertiary/aromatic N) is 2. The summed E-state index contributed by atoms with van der Waals surface area (Å²) in [6, 6.07) is 6.00. The molecular weight excluding hydrogens is 286 g/mol. The van der Waals surface area contributed by atoms with Crippen molar-refractivity contribution in [2.45, 2.75) is 13.2 Å². The molecule has 0 aliphatic rings. The van der Waals surface area contributed by atoms with Gasteiger partial charge in [-0.3, -0.25) is 9.78 Å². The highest BCUT2D eigenvalue weighted by molar-refractivity contribution is 5.90. The summed E-state index contributed by atoms with van der Waals surface area (Å²) >= 11 is 0. The topological polar surface area (TPSA) is 91.1 Å². The third kappa shape index (κ3) is 3.88. The van der Waals surface area contributed by atoms with E-state index in [1.54, 1.807) is 12.1 Å². The predicted octanol–water partition coefficient (Wildman–Crippen LogP) is 0.972. The van der Waals surface area contributed by atoms with Crippen molar-refractivity contribution in [1.29, 1.82) is 0 Å². The van der Waals surface area contributed by atoms with Gasteiger partial charge in [-0.15, -0.1) is 5.10 Å². The van der Waals surface area contributed by atoms with E-state index in [9.17, 15) is 18.4 Å². The van der Waals surface area contributed by atoms with E-state index >= 15 is 0 Å². The Morgan fingerprint density at radius 1 is 1.48 bits per heavy atom. The van der Waals surface area contributed by atoms with Crippen molar-refractivity contribution in [2.24, 2.45) is 0 Å². The molecule has 112 valence electrons. The van der Waals surface area contributed by atoms with Gasteiger partial charge in [0.2, 0.25) is 5.82 Å². The molecule has 21 heavy (non-hydrogen) atoms. The van der Waals surface area contributed by atoms with Crippen molar-refractivity contribution in [3.63, 3.8) is 0 Å². The van der Waals surface area contributed by atoms with E-state index in [1.165, 1.54) is 24.1 Å². The molecule has 0 bridgehead atoms. The molecule has 0 radical (unpaired) electrons. The summed E-state index contributed by atoms with van der Waals surface area (Å²) in [6.45, 7) is -2.76. The fourth-order valence-corrected chi connectivity index (χ4v) is 1.72.